The molecule has 0 atom stereocenters. The topological polar surface area (TPSA) is 69.3 Å². The van der Waals surface area contributed by atoms with Crippen LogP contribution in [0, 0.1) is 0 Å². The largest absolute Gasteiger partial charge is 0.454 e. The predicted octanol–water partition coefficient (Wildman–Crippen LogP) is 2.49. The Labute approximate surface area is 162 Å². The number of likely N-dealkylation sites (N-methyl/N-ethyl adjacent to an activating group) is 1. The van der Waals surface area contributed by atoms with Crippen LogP contribution in [0.5, 0.6) is 23.0 Å². The summed E-state index contributed by atoms with van der Waals surface area (Å²) in [6, 6.07) is 7.72. The number of carbonyl (C=O) groups excluding carboxylic acids is 1. The van der Waals surface area contributed by atoms with Crippen LogP contribution in [0.4, 0.5) is 0 Å². The number of nitrogens with zero attached hydrogens (tertiary/aromatic N) is 1. The molecule has 0 unspecified atom stereocenters. The highest BCUT2D eigenvalue weighted by atomic mass is 16.7. The summed E-state index contributed by atoms with van der Waals surface area (Å²) in [6.45, 7) is 1.26. The minimum absolute atomic E-state index is 0.134. The van der Waals surface area contributed by atoms with E-state index in [0.717, 1.165) is 46.9 Å². The number of fused-ring (bicyclic) bond motifs is 4. The van der Waals surface area contributed by atoms with Gasteiger partial charge in [0, 0.05) is 17.8 Å². The van der Waals surface area contributed by atoms with E-state index in [9.17, 15) is 4.79 Å². The van der Waals surface area contributed by atoms with E-state index < -0.39 is 0 Å². The molecule has 0 fully saturated rings. The van der Waals surface area contributed by atoms with Gasteiger partial charge in [0.15, 0.2) is 23.0 Å². The Morgan fingerprint density at radius 1 is 1.04 bits per heavy atom. The van der Waals surface area contributed by atoms with Crippen molar-refractivity contribution in [3.05, 3.63) is 46.5 Å². The highest BCUT2D eigenvalue weighted by molar-refractivity contribution is 6.14. The van der Waals surface area contributed by atoms with Gasteiger partial charge in [-0.2, -0.15) is 0 Å². The van der Waals surface area contributed by atoms with Gasteiger partial charge in [0.05, 0.1) is 5.56 Å². The van der Waals surface area contributed by atoms with Crippen molar-refractivity contribution in [3.63, 3.8) is 0 Å². The molecular weight excluding hydrogens is 360 g/mol. The molecule has 1 amide bonds. The van der Waals surface area contributed by atoms with Crippen LogP contribution < -0.4 is 24.3 Å². The average Bonchev–Trinajstić information content (AvgIpc) is 3.38. The monoisotopic (exact) mass is 380 g/mol. The van der Waals surface area contributed by atoms with Gasteiger partial charge in [-0.25, -0.2) is 0 Å². The van der Waals surface area contributed by atoms with Gasteiger partial charge in [0.25, 0.3) is 5.91 Å². The number of hydrogen-bond acceptors (Lipinski definition) is 6. The van der Waals surface area contributed by atoms with E-state index in [1.165, 1.54) is 0 Å². The molecule has 0 spiro atoms. The lowest BCUT2D eigenvalue weighted by Crippen LogP contribution is -2.15. The van der Waals surface area contributed by atoms with E-state index in [2.05, 4.69) is 10.2 Å². The van der Waals surface area contributed by atoms with E-state index in [1.54, 1.807) is 0 Å². The zero-order valence-corrected chi connectivity index (χ0v) is 15.7. The Balaban J connectivity index is 1.58. The van der Waals surface area contributed by atoms with Crippen LogP contribution in [-0.4, -0.2) is 45.0 Å². The van der Waals surface area contributed by atoms with Crippen molar-refractivity contribution in [1.82, 2.24) is 10.2 Å². The van der Waals surface area contributed by atoms with E-state index in [1.807, 2.05) is 44.4 Å². The highest BCUT2D eigenvalue weighted by Gasteiger charge is 2.32. The van der Waals surface area contributed by atoms with Crippen LogP contribution in [0.15, 0.2) is 24.3 Å². The summed E-state index contributed by atoms with van der Waals surface area (Å²) < 4.78 is 22.0. The first-order chi connectivity index (χ1) is 13.6. The molecule has 1 N–H and O–H groups in total. The molecule has 7 heteroatoms. The minimum atomic E-state index is -0.181. The predicted molar refractivity (Wildman–Crippen MR) is 103 cm³/mol. The zero-order chi connectivity index (χ0) is 19.3. The van der Waals surface area contributed by atoms with E-state index in [4.69, 9.17) is 18.9 Å². The average molecular weight is 380 g/mol. The maximum absolute atomic E-state index is 12.6. The minimum Gasteiger partial charge on any atom is -0.454 e. The summed E-state index contributed by atoms with van der Waals surface area (Å²) in [5.74, 6) is 2.41. The van der Waals surface area contributed by atoms with Crippen molar-refractivity contribution >= 4 is 17.7 Å². The van der Waals surface area contributed by atoms with E-state index >= 15 is 0 Å². The highest BCUT2D eigenvalue weighted by Crippen LogP contribution is 2.43. The first-order valence-corrected chi connectivity index (χ1v) is 9.13. The van der Waals surface area contributed by atoms with Crippen LogP contribution in [0.2, 0.25) is 0 Å². The summed E-state index contributed by atoms with van der Waals surface area (Å²) in [6.07, 6.45) is 2.84. The Morgan fingerprint density at radius 3 is 2.61 bits per heavy atom. The number of carbonyl (C=O) groups is 1. The maximum Gasteiger partial charge on any atom is 0.260 e. The van der Waals surface area contributed by atoms with Gasteiger partial charge in [0.1, 0.15) is 0 Å². The Morgan fingerprint density at radius 2 is 1.79 bits per heavy atom. The van der Waals surface area contributed by atoms with Crippen molar-refractivity contribution in [2.24, 2.45) is 0 Å². The van der Waals surface area contributed by atoms with Crippen molar-refractivity contribution in [3.8, 4) is 23.0 Å². The van der Waals surface area contributed by atoms with E-state index in [0.29, 0.717) is 17.1 Å². The van der Waals surface area contributed by atoms with Crippen LogP contribution in [-0.2, 0) is 6.42 Å². The maximum atomic E-state index is 12.6. The van der Waals surface area contributed by atoms with Gasteiger partial charge in [-0.3, -0.25) is 4.79 Å². The SMILES string of the molecule is CN(C)CCc1cc2c(cc1/C=C1\NC(=O)c3c1ccc1c3OCO1)OCO2. The molecule has 144 valence electrons. The standard InChI is InChI=1S/C21H20N2O5/c1-23(2)6-5-12-8-17-18(27-10-26-17)9-13(12)7-15-14-3-4-16-20(28-11-25-16)19(14)21(24)22-15/h3-4,7-9H,5-6,10-11H2,1-2H3,(H,22,24)/b15-7-. The zero-order valence-electron chi connectivity index (χ0n) is 15.7. The number of ether oxygens (including phenoxy) is 4. The van der Waals surface area contributed by atoms with Crippen LogP contribution >= 0.6 is 0 Å². The number of amides is 1. The molecule has 0 aromatic heterocycles. The number of rotatable bonds is 4. The molecule has 7 nitrogen and oxygen atoms in total. The van der Waals surface area contributed by atoms with Crippen molar-refractivity contribution < 1.29 is 23.7 Å². The van der Waals surface area contributed by atoms with Crippen LogP contribution in [0.3, 0.4) is 0 Å². The fraction of sp³-hybridized carbons (Fsp3) is 0.286. The molecule has 0 saturated carbocycles. The van der Waals surface area contributed by atoms with Gasteiger partial charge in [0.2, 0.25) is 13.6 Å². The third-order valence-electron chi connectivity index (χ3n) is 5.07. The van der Waals surface area contributed by atoms with Gasteiger partial charge >= 0.3 is 0 Å². The number of nitrogens with one attached hydrogen (secondary N) is 1. The Hall–Kier alpha value is -3.19. The van der Waals surface area contributed by atoms with Crippen molar-refractivity contribution in [2.75, 3.05) is 34.2 Å². The quantitative estimate of drug-likeness (QED) is 0.879. The van der Waals surface area contributed by atoms with Crippen LogP contribution in [0.1, 0.15) is 27.0 Å². The molecule has 28 heavy (non-hydrogen) atoms. The number of benzene rings is 2. The van der Waals surface area contributed by atoms with Gasteiger partial charge < -0.3 is 29.2 Å². The molecular formula is C21H20N2O5. The molecule has 2 aromatic rings. The third kappa shape index (κ3) is 2.75. The molecule has 0 radical (unpaired) electrons. The third-order valence-corrected chi connectivity index (χ3v) is 5.07. The van der Waals surface area contributed by atoms with E-state index in [-0.39, 0.29) is 19.5 Å². The van der Waals surface area contributed by atoms with Crippen LogP contribution in [0.25, 0.3) is 11.8 Å². The molecule has 5 rings (SSSR count). The molecule has 0 bridgehead atoms. The molecule has 2 aromatic carbocycles. The molecule has 3 aliphatic heterocycles. The first-order valence-electron chi connectivity index (χ1n) is 9.13. The molecule has 3 heterocycles. The van der Waals surface area contributed by atoms with Gasteiger partial charge in [-0.15, -0.1) is 0 Å². The Bertz CT molecular complexity index is 1010. The number of hydrogen-bond donors (Lipinski definition) is 1. The molecule has 0 aliphatic carbocycles. The summed E-state index contributed by atoms with van der Waals surface area (Å²) in [5, 5.41) is 2.96. The molecule has 3 aliphatic rings. The summed E-state index contributed by atoms with van der Waals surface area (Å²) in [4.78, 5) is 14.7. The molecule has 0 saturated heterocycles. The second-order valence-corrected chi connectivity index (χ2v) is 7.19. The second-order valence-electron chi connectivity index (χ2n) is 7.19. The first kappa shape index (κ1) is 16.9. The van der Waals surface area contributed by atoms with Crippen molar-refractivity contribution in [1.29, 1.82) is 0 Å². The smallest absolute Gasteiger partial charge is 0.260 e. The van der Waals surface area contributed by atoms with Crippen molar-refractivity contribution in [2.45, 2.75) is 6.42 Å². The van der Waals surface area contributed by atoms with Gasteiger partial charge in [-0.1, -0.05) is 0 Å². The fourth-order valence-corrected chi connectivity index (χ4v) is 3.64. The lowest BCUT2D eigenvalue weighted by Gasteiger charge is -2.13. The lowest BCUT2D eigenvalue weighted by molar-refractivity contribution is 0.0976. The fourth-order valence-electron chi connectivity index (χ4n) is 3.64. The normalized spacial score (nSPS) is 17.4. The van der Waals surface area contributed by atoms with Gasteiger partial charge in [-0.05, 0) is 62.0 Å². The lowest BCUT2D eigenvalue weighted by atomic mass is 9.99. The summed E-state index contributed by atoms with van der Waals surface area (Å²) in [5.41, 5.74) is 4.20. The Kier molecular flexibility index (Phi) is 3.91. The summed E-state index contributed by atoms with van der Waals surface area (Å²) in [7, 11) is 4.09. The summed E-state index contributed by atoms with van der Waals surface area (Å²) >= 11 is 0. The second kappa shape index (κ2) is 6.45.